The molecule has 0 bridgehead atoms. The summed E-state index contributed by atoms with van der Waals surface area (Å²) in [7, 11) is 0. The van der Waals surface area contributed by atoms with Crippen molar-refractivity contribution in [2.24, 2.45) is 0 Å². The third-order valence-corrected chi connectivity index (χ3v) is 2.68. The van der Waals surface area contributed by atoms with Crippen molar-refractivity contribution in [3.8, 4) is 5.75 Å². The fourth-order valence-corrected chi connectivity index (χ4v) is 1.65. The van der Waals surface area contributed by atoms with Gasteiger partial charge in [-0.2, -0.15) is 0 Å². The number of benzene rings is 1. The van der Waals surface area contributed by atoms with E-state index in [2.05, 4.69) is 9.72 Å². The van der Waals surface area contributed by atoms with Crippen LogP contribution in [0.4, 0.5) is 13.2 Å². The van der Waals surface area contributed by atoms with E-state index in [0.717, 1.165) is 5.56 Å². The maximum Gasteiger partial charge on any atom is 0.573 e. The average molecular weight is 262 g/mol. The van der Waals surface area contributed by atoms with Gasteiger partial charge in [-0.25, -0.2) is 0 Å². The van der Waals surface area contributed by atoms with Crippen molar-refractivity contribution in [3.05, 3.63) is 35.0 Å². The lowest BCUT2D eigenvalue weighted by Crippen LogP contribution is -2.17. The highest BCUT2D eigenvalue weighted by Gasteiger charge is 2.31. The molecule has 2 nitrogen and oxygen atoms in total. The maximum absolute atomic E-state index is 12.0. The standard InChI is InChI=1S/C11H7ClF3NO/c1-6-5-16-9-4-7(17-11(13,14)15)2-3-8(9)10(6)12/h2-5H,1H3. The molecule has 0 fully saturated rings. The van der Waals surface area contributed by atoms with Crippen molar-refractivity contribution in [1.82, 2.24) is 4.98 Å². The number of halogens is 4. The van der Waals surface area contributed by atoms with Crippen molar-refractivity contribution >= 4 is 22.5 Å². The lowest BCUT2D eigenvalue weighted by atomic mass is 10.1. The molecule has 0 saturated carbocycles. The molecule has 0 spiro atoms. The summed E-state index contributed by atoms with van der Waals surface area (Å²) in [6.45, 7) is 1.77. The molecule has 0 N–H and O–H groups in total. The second-order valence-corrected chi connectivity index (χ2v) is 3.86. The normalized spacial score (nSPS) is 11.8. The summed E-state index contributed by atoms with van der Waals surface area (Å²) in [5, 5.41) is 1.08. The van der Waals surface area contributed by atoms with Crippen LogP contribution in [-0.2, 0) is 0 Å². The first-order valence-electron chi connectivity index (χ1n) is 4.67. The summed E-state index contributed by atoms with van der Waals surface area (Å²) >= 11 is 6.01. The number of aromatic nitrogens is 1. The topological polar surface area (TPSA) is 22.1 Å². The maximum atomic E-state index is 12.0. The molecule has 0 radical (unpaired) electrons. The number of nitrogens with zero attached hydrogens (tertiary/aromatic N) is 1. The van der Waals surface area contributed by atoms with Crippen LogP contribution in [0.3, 0.4) is 0 Å². The van der Waals surface area contributed by atoms with E-state index < -0.39 is 6.36 Å². The Morgan fingerprint density at radius 1 is 1.29 bits per heavy atom. The molecular formula is C11H7ClF3NO. The van der Waals surface area contributed by atoms with Crippen LogP contribution >= 0.6 is 11.6 Å². The summed E-state index contributed by atoms with van der Waals surface area (Å²) in [5.74, 6) is -0.308. The summed E-state index contributed by atoms with van der Waals surface area (Å²) < 4.78 is 39.8. The predicted octanol–water partition coefficient (Wildman–Crippen LogP) is 4.10. The Morgan fingerprint density at radius 3 is 2.65 bits per heavy atom. The molecule has 6 heteroatoms. The van der Waals surface area contributed by atoms with Gasteiger partial charge in [-0.1, -0.05) is 11.6 Å². The average Bonchev–Trinajstić information content (AvgIpc) is 2.21. The van der Waals surface area contributed by atoms with Crippen molar-refractivity contribution < 1.29 is 17.9 Å². The molecule has 0 unspecified atom stereocenters. The molecule has 2 aromatic rings. The Hall–Kier alpha value is -1.49. The summed E-state index contributed by atoms with van der Waals surface area (Å²) in [4.78, 5) is 4.00. The smallest absolute Gasteiger partial charge is 0.406 e. The van der Waals surface area contributed by atoms with E-state index in [1.807, 2.05) is 0 Å². The van der Waals surface area contributed by atoms with Crippen LogP contribution in [0.25, 0.3) is 10.9 Å². The van der Waals surface area contributed by atoms with Gasteiger partial charge in [0.25, 0.3) is 0 Å². The first-order valence-corrected chi connectivity index (χ1v) is 5.05. The van der Waals surface area contributed by atoms with Gasteiger partial charge in [0.05, 0.1) is 10.5 Å². The molecule has 1 aromatic carbocycles. The van der Waals surface area contributed by atoms with E-state index in [-0.39, 0.29) is 5.75 Å². The minimum atomic E-state index is -4.71. The molecule has 0 aliphatic rings. The Balaban J connectivity index is 2.49. The Bertz CT molecular complexity index is 568. The van der Waals surface area contributed by atoms with Crippen LogP contribution in [0.1, 0.15) is 5.56 Å². The van der Waals surface area contributed by atoms with Gasteiger partial charge in [-0.15, -0.1) is 13.2 Å². The molecule has 17 heavy (non-hydrogen) atoms. The van der Waals surface area contributed by atoms with Crippen LogP contribution in [0.5, 0.6) is 5.75 Å². The van der Waals surface area contributed by atoms with E-state index in [0.29, 0.717) is 15.9 Å². The number of alkyl halides is 3. The second kappa shape index (κ2) is 4.07. The molecule has 2 rings (SSSR count). The fourth-order valence-electron chi connectivity index (χ4n) is 1.44. The van der Waals surface area contributed by atoms with Gasteiger partial charge >= 0.3 is 6.36 Å². The molecule has 1 heterocycles. The number of aryl methyl sites for hydroxylation is 1. The van der Waals surface area contributed by atoms with Gasteiger partial charge in [0.1, 0.15) is 5.75 Å². The molecule has 0 aliphatic carbocycles. The number of rotatable bonds is 1. The minimum Gasteiger partial charge on any atom is -0.406 e. The van der Waals surface area contributed by atoms with Crippen molar-refractivity contribution in [3.63, 3.8) is 0 Å². The van der Waals surface area contributed by atoms with Crippen LogP contribution in [0.2, 0.25) is 5.02 Å². The number of fused-ring (bicyclic) bond motifs is 1. The largest absolute Gasteiger partial charge is 0.573 e. The van der Waals surface area contributed by atoms with Crippen LogP contribution in [0, 0.1) is 6.92 Å². The van der Waals surface area contributed by atoms with Crippen molar-refractivity contribution in [1.29, 1.82) is 0 Å². The van der Waals surface area contributed by atoms with Crippen LogP contribution in [-0.4, -0.2) is 11.3 Å². The van der Waals surface area contributed by atoms with Crippen LogP contribution < -0.4 is 4.74 Å². The summed E-state index contributed by atoms with van der Waals surface area (Å²) in [5.41, 5.74) is 1.13. The summed E-state index contributed by atoms with van der Waals surface area (Å²) in [6.07, 6.45) is -3.20. The molecule has 0 aliphatic heterocycles. The van der Waals surface area contributed by atoms with E-state index >= 15 is 0 Å². The highest BCUT2D eigenvalue weighted by atomic mass is 35.5. The molecule has 90 valence electrons. The molecule has 0 amide bonds. The number of pyridine rings is 1. The highest BCUT2D eigenvalue weighted by molar-refractivity contribution is 6.36. The van der Waals surface area contributed by atoms with E-state index in [4.69, 9.17) is 11.6 Å². The number of ether oxygens (including phenoxy) is 1. The first-order chi connectivity index (χ1) is 7.87. The van der Waals surface area contributed by atoms with E-state index in [1.54, 1.807) is 6.92 Å². The van der Waals surface area contributed by atoms with Gasteiger partial charge < -0.3 is 4.74 Å². The second-order valence-electron chi connectivity index (χ2n) is 3.48. The molecule has 1 aromatic heterocycles. The zero-order chi connectivity index (χ0) is 12.6. The monoisotopic (exact) mass is 261 g/mol. The summed E-state index contributed by atoms with van der Waals surface area (Å²) in [6, 6.07) is 3.87. The number of hydrogen-bond acceptors (Lipinski definition) is 2. The van der Waals surface area contributed by atoms with Crippen LogP contribution in [0.15, 0.2) is 24.4 Å². The van der Waals surface area contributed by atoms with Gasteiger partial charge in [-0.3, -0.25) is 4.98 Å². The minimum absolute atomic E-state index is 0.308. The third-order valence-electron chi connectivity index (χ3n) is 2.18. The Labute approximate surface area is 100.0 Å². The zero-order valence-corrected chi connectivity index (χ0v) is 9.43. The molecular weight excluding hydrogens is 255 g/mol. The van der Waals surface area contributed by atoms with Gasteiger partial charge in [0.2, 0.25) is 0 Å². The third kappa shape index (κ3) is 2.61. The molecule has 0 saturated heterocycles. The van der Waals surface area contributed by atoms with Gasteiger partial charge in [0, 0.05) is 17.6 Å². The number of hydrogen-bond donors (Lipinski definition) is 0. The Kier molecular flexibility index (Phi) is 2.87. The highest BCUT2D eigenvalue weighted by Crippen LogP contribution is 2.30. The van der Waals surface area contributed by atoms with Crippen molar-refractivity contribution in [2.45, 2.75) is 13.3 Å². The fraction of sp³-hybridized carbons (Fsp3) is 0.182. The zero-order valence-electron chi connectivity index (χ0n) is 8.68. The van der Waals surface area contributed by atoms with E-state index in [1.165, 1.54) is 24.4 Å². The SMILES string of the molecule is Cc1cnc2cc(OC(F)(F)F)ccc2c1Cl. The first kappa shape index (κ1) is 12.0. The van der Waals surface area contributed by atoms with E-state index in [9.17, 15) is 13.2 Å². The predicted molar refractivity (Wildman–Crippen MR) is 58.2 cm³/mol. The lowest BCUT2D eigenvalue weighted by Gasteiger charge is -2.10. The Morgan fingerprint density at radius 2 is 2.00 bits per heavy atom. The van der Waals surface area contributed by atoms with Gasteiger partial charge in [0.15, 0.2) is 0 Å². The van der Waals surface area contributed by atoms with Crippen molar-refractivity contribution in [2.75, 3.05) is 0 Å². The quantitative estimate of drug-likeness (QED) is 0.771. The molecule has 0 atom stereocenters. The van der Waals surface area contributed by atoms with Gasteiger partial charge in [-0.05, 0) is 24.6 Å². The lowest BCUT2D eigenvalue weighted by molar-refractivity contribution is -0.274.